The normalized spacial score (nSPS) is 40.6. The first-order valence-electron chi connectivity index (χ1n) is 5.22. The van der Waals surface area contributed by atoms with Gasteiger partial charge in [-0.3, -0.25) is 5.32 Å². The lowest BCUT2D eigenvalue weighted by Gasteiger charge is -2.37. The lowest BCUT2D eigenvalue weighted by molar-refractivity contribution is -0.144. The van der Waals surface area contributed by atoms with Gasteiger partial charge in [0.25, 0.3) is 0 Å². The van der Waals surface area contributed by atoms with E-state index < -0.39 is 0 Å². The van der Waals surface area contributed by atoms with E-state index >= 15 is 0 Å². The molecule has 0 saturated carbocycles. The van der Waals surface area contributed by atoms with Crippen LogP contribution in [-0.2, 0) is 4.74 Å². The number of aliphatic hydroxyl groups is 1. The van der Waals surface area contributed by atoms with E-state index in [1.54, 1.807) is 0 Å². The number of hydrogen-bond acceptors (Lipinski definition) is 3. The quantitative estimate of drug-likeness (QED) is 0.695. The molecule has 0 bridgehead atoms. The van der Waals surface area contributed by atoms with E-state index in [1.807, 2.05) is 6.92 Å². The Morgan fingerprint density at radius 3 is 2.77 bits per heavy atom. The number of rotatable bonds is 3. The molecule has 0 aliphatic carbocycles. The molecule has 0 aromatic rings. The van der Waals surface area contributed by atoms with E-state index in [1.165, 1.54) is 0 Å². The van der Waals surface area contributed by atoms with Gasteiger partial charge in [-0.1, -0.05) is 13.8 Å². The average molecular weight is 187 g/mol. The van der Waals surface area contributed by atoms with Crippen LogP contribution >= 0.6 is 0 Å². The molecule has 3 heteroatoms. The van der Waals surface area contributed by atoms with Crippen molar-refractivity contribution in [3.05, 3.63) is 0 Å². The minimum atomic E-state index is -0.297. The van der Waals surface area contributed by atoms with Gasteiger partial charge >= 0.3 is 0 Å². The van der Waals surface area contributed by atoms with E-state index in [4.69, 9.17) is 4.74 Å². The molecule has 4 atom stereocenters. The van der Waals surface area contributed by atoms with Crippen molar-refractivity contribution < 1.29 is 9.84 Å². The minimum absolute atomic E-state index is 0.0365. The van der Waals surface area contributed by atoms with E-state index in [2.05, 4.69) is 19.2 Å². The summed E-state index contributed by atoms with van der Waals surface area (Å²) in [5.74, 6) is 0.401. The van der Waals surface area contributed by atoms with Gasteiger partial charge in [-0.25, -0.2) is 0 Å². The van der Waals surface area contributed by atoms with Gasteiger partial charge in [-0.2, -0.15) is 0 Å². The molecule has 78 valence electrons. The van der Waals surface area contributed by atoms with Crippen molar-refractivity contribution in [2.45, 2.75) is 52.0 Å². The first kappa shape index (κ1) is 11.0. The Hall–Kier alpha value is -0.120. The Balaban J connectivity index is 2.37. The number of hydrogen-bond donors (Lipinski definition) is 2. The Bertz CT molecular complexity index is 152. The van der Waals surface area contributed by atoms with Crippen molar-refractivity contribution >= 4 is 0 Å². The molecule has 1 saturated heterocycles. The third-order valence-electron chi connectivity index (χ3n) is 2.63. The smallest absolute Gasteiger partial charge is 0.111 e. The third-order valence-corrected chi connectivity index (χ3v) is 2.63. The topological polar surface area (TPSA) is 41.5 Å². The van der Waals surface area contributed by atoms with Gasteiger partial charge in [0.15, 0.2) is 0 Å². The molecular formula is C10H21NO2. The van der Waals surface area contributed by atoms with Gasteiger partial charge in [0.2, 0.25) is 0 Å². The fourth-order valence-electron chi connectivity index (χ4n) is 1.69. The highest BCUT2D eigenvalue weighted by Gasteiger charge is 2.31. The second-order valence-corrected chi connectivity index (χ2v) is 4.00. The van der Waals surface area contributed by atoms with Crippen LogP contribution in [-0.4, -0.2) is 30.1 Å². The first-order chi connectivity index (χ1) is 6.15. The second-order valence-electron chi connectivity index (χ2n) is 4.00. The van der Waals surface area contributed by atoms with Crippen LogP contribution in [0.1, 0.15) is 33.6 Å². The number of nitrogens with one attached hydrogen (secondary N) is 1. The molecule has 3 nitrogen and oxygen atoms in total. The first-order valence-corrected chi connectivity index (χ1v) is 5.22. The Labute approximate surface area is 80.5 Å². The highest BCUT2D eigenvalue weighted by atomic mass is 16.5. The molecular weight excluding hydrogens is 166 g/mol. The third kappa shape index (κ3) is 2.93. The van der Waals surface area contributed by atoms with Crippen molar-refractivity contribution in [3.8, 4) is 0 Å². The van der Waals surface area contributed by atoms with Crippen LogP contribution in [0.25, 0.3) is 0 Å². The molecule has 1 aliphatic heterocycles. The monoisotopic (exact) mass is 187 g/mol. The average Bonchev–Trinajstić information content (AvgIpc) is 2.09. The molecule has 1 fully saturated rings. The number of aliphatic hydroxyl groups excluding tert-OH is 1. The van der Waals surface area contributed by atoms with Crippen molar-refractivity contribution in [2.24, 2.45) is 5.92 Å². The molecule has 1 aliphatic rings. The molecule has 0 aromatic carbocycles. The predicted molar refractivity (Wildman–Crippen MR) is 52.4 cm³/mol. The summed E-state index contributed by atoms with van der Waals surface area (Å²) >= 11 is 0. The molecule has 1 heterocycles. The van der Waals surface area contributed by atoms with Gasteiger partial charge in [-0.15, -0.1) is 0 Å². The van der Waals surface area contributed by atoms with Crippen molar-refractivity contribution in [2.75, 3.05) is 6.54 Å². The molecule has 2 N–H and O–H groups in total. The Morgan fingerprint density at radius 1 is 1.46 bits per heavy atom. The molecule has 0 amide bonds. The summed E-state index contributed by atoms with van der Waals surface area (Å²) in [6.07, 6.45) is 1.74. The van der Waals surface area contributed by atoms with Crippen LogP contribution in [0.3, 0.4) is 0 Å². The van der Waals surface area contributed by atoms with E-state index in [0.717, 1.165) is 19.4 Å². The predicted octanol–water partition coefficient (Wildman–Crippen LogP) is 1.12. The molecule has 4 unspecified atom stereocenters. The molecule has 0 spiro atoms. The molecule has 13 heavy (non-hydrogen) atoms. The van der Waals surface area contributed by atoms with Crippen molar-refractivity contribution in [1.82, 2.24) is 5.32 Å². The Kier molecular flexibility index (Phi) is 4.16. The second kappa shape index (κ2) is 4.94. The highest BCUT2D eigenvalue weighted by molar-refractivity contribution is 4.79. The molecule has 1 rings (SSSR count). The van der Waals surface area contributed by atoms with Gasteiger partial charge in [0.1, 0.15) is 6.23 Å². The standard InChI is InChI=1S/C10H21NO2/c1-4-5-11-10-7(2)6-9(12)8(3)13-10/h7-12H,4-6H2,1-3H3. The summed E-state index contributed by atoms with van der Waals surface area (Å²) in [4.78, 5) is 0. The van der Waals surface area contributed by atoms with Crippen LogP contribution in [0.4, 0.5) is 0 Å². The maximum atomic E-state index is 9.54. The van der Waals surface area contributed by atoms with Gasteiger partial charge < -0.3 is 9.84 Å². The lowest BCUT2D eigenvalue weighted by atomic mass is 9.95. The maximum absolute atomic E-state index is 9.54. The summed E-state index contributed by atoms with van der Waals surface area (Å²) in [5.41, 5.74) is 0. The number of ether oxygens (including phenoxy) is 1. The van der Waals surface area contributed by atoms with Gasteiger partial charge in [0.05, 0.1) is 12.2 Å². The summed E-state index contributed by atoms with van der Waals surface area (Å²) in [7, 11) is 0. The zero-order valence-corrected chi connectivity index (χ0v) is 8.79. The van der Waals surface area contributed by atoms with Gasteiger partial charge in [0, 0.05) is 0 Å². The van der Waals surface area contributed by atoms with E-state index in [9.17, 15) is 5.11 Å². The Morgan fingerprint density at radius 2 is 2.15 bits per heavy atom. The summed E-state index contributed by atoms with van der Waals surface area (Å²) in [6.45, 7) is 7.16. The van der Waals surface area contributed by atoms with Crippen LogP contribution in [0, 0.1) is 5.92 Å². The van der Waals surface area contributed by atoms with E-state index in [0.29, 0.717) is 5.92 Å². The lowest BCUT2D eigenvalue weighted by Crippen LogP contribution is -2.48. The van der Waals surface area contributed by atoms with Crippen molar-refractivity contribution in [3.63, 3.8) is 0 Å². The van der Waals surface area contributed by atoms with Crippen LogP contribution in [0.5, 0.6) is 0 Å². The molecule has 0 aromatic heterocycles. The fourth-order valence-corrected chi connectivity index (χ4v) is 1.69. The van der Waals surface area contributed by atoms with Crippen LogP contribution in [0.2, 0.25) is 0 Å². The van der Waals surface area contributed by atoms with Crippen LogP contribution < -0.4 is 5.32 Å². The maximum Gasteiger partial charge on any atom is 0.111 e. The van der Waals surface area contributed by atoms with Crippen molar-refractivity contribution in [1.29, 1.82) is 0 Å². The summed E-state index contributed by atoms with van der Waals surface area (Å²) in [6, 6.07) is 0. The SMILES string of the molecule is CCCNC1OC(C)C(O)CC1C. The molecule has 0 radical (unpaired) electrons. The summed E-state index contributed by atoms with van der Waals surface area (Å²) < 4.78 is 5.65. The fraction of sp³-hybridized carbons (Fsp3) is 1.00. The zero-order valence-electron chi connectivity index (χ0n) is 8.79. The van der Waals surface area contributed by atoms with Crippen LogP contribution in [0.15, 0.2) is 0 Å². The highest BCUT2D eigenvalue weighted by Crippen LogP contribution is 2.23. The largest absolute Gasteiger partial charge is 0.390 e. The van der Waals surface area contributed by atoms with E-state index in [-0.39, 0.29) is 18.4 Å². The zero-order chi connectivity index (χ0) is 9.84. The van der Waals surface area contributed by atoms with Gasteiger partial charge in [-0.05, 0) is 32.2 Å². The minimum Gasteiger partial charge on any atom is -0.390 e. The summed E-state index contributed by atoms with van der Waals surface area (Å²) in [5, 5.41) is 12.9.